The number of rotatable bonds is 1. The van der Waals surface area contributed by atoms with Gasteiger partial charge in [0.1, 0.15) is 13.2 Å². The quantitative estimate of drug-likeness (QED) is 0.787. The van der Waals surface area contributed by atoms with Crippen molar-refractivity contribution in [3.8, 4) is 11.5 Å². The van der Waals surface area contributed by atoms with Gasteiger partial charge >= 0.3 is 0 Å². The number of ether oxygens (including phenoxy) is 2. The Kier molecular flexibility index (Phi) is 3.02. The van der Waals surface area contributed by atoms with Gasteiger partial charge in [-0.15, -0.1) is 0 Å². The topological polar surface area (TPSA) is 31.4 Å². The van der Waals surface area contributed by atoms with E-state index in [0.717, 1.165) is 38.7 Å². The highest BCUT2D eigenvalue weighted by Gasteiger charge is 2.18. The van der Waals surface area contributed by atoms with Crippen molar-refractivity contribution in [1.82, 2.24) is 4.98 Å². The van der Waals surface area contributed by atoms with Crippen molar-refractivity contribution in [1.29, 1.82) is 0 Å². The first kappa shape index (κ1) is 12.5. The minimum atomic E-state index is 0.345. The molecule has 0 radical (unpaired) electrons. The summed E-state index contributed by atoms with van der Waals surface area (Å²) in [5, 5.41) is 1.70. The molecule has 3 rings (SSSR count). The molecule has 2 aromatic rings. The molecule has 1 aliphatic rings. The zero-order valence-electron chi connectivity index (χ0n) is 11.3. The maximum Gasteiger partial charge on any atom is 0.163 e. The van der Waals surface area contributed by atoms with E-state index in [0.29, 0.717) is 19.1 Å². The lowest BCUT2D eigenvalue weighted by molar-refractivity contribution is 0.172. The number of hydrogen-bond donors (Lipinski definition) is 0. The highest BCUT2D eigenvalue weighted by molar-refractivity contribution is 6.36. The zero-order valence-corrected chi connectivity index (χ0v) is 12.0. The van der Waals surface area contributed by atoms with Crippen molar-refractivity contribution in [3.63, 3.8) is 0 Å². The summed E-state index contributed by atoms with van der Waals surface area (Å²) in [6.07, 6.45) is 0. The molecule has 0 saturated heterocycles. The van der Waals surface area contributed by atoms with Gasteiger partial charge in [0.05, 0.1) is 10.5 Å². The predicted octanol–water partition coefficient (Wildman–Crippen LogP) is 4.09. The van der Waals surface area contributed by atoms with Crippen LogP contribution in [0, 0.1) is 6.92 Å². The number of aryl methyl sites for hydroxylation is 1. The van der Waals surface area contributed by atoms with Crippen LogP contribution >= 0.6 is 11.6 Å². The molecule has 1 aromatic carbocycles. The van der Waals surface area contributed by atoms with Crippen LogP contribution < -0.4 is 9.47 Å². The Bertz CT molecular complexity index is 652. The monoisotopic (exact) mass is 277 g/mol. The summed E-state index contributed by atoms with van der Waals surface area (Å²) in [6.45, 7) is 7.40. The fraction of sp³-hybridized carbons (Fsp3) is 0.400. The van der Waals surface area contributed by atoms with Crippen molar-refractivity contribution < 1.29 is 9.47 Å². The molecular formula is C15H16ClNO2. The van der Waals surface area contributed by atoms with Gasteiger partial charge in [-0.1, -0.05) is 25.4 Å². The SMILES string of the molecule is Cc1nc2cc3c(cc2c(Cl)c1C(C)C)OCCO3. The molecule has 0 N–H and O–H groups in total. The highest BCUT2D eigenvalue weighted by atomic mass is 35.5. The van der Waals surface area contributed by atoms with Gasteiger partial charge in [-0.25, -0.2) is 0 Å². The zero-order chi connectivity index (χ0) is 13.6. The Labute approximate surface area is 117 Å². The summed E-state index contributed by atoms with van der Waals surface area (Å²) in [4.78, 5) is 4.65. The van der Waals surface area contributed by atoms with Gasteiger partial charge in [-0.3, -0.25) is 4.98 Å². The van der Waals surface area contributed by atoms with Crippen molar-refractivity contribution in [2.24, 2.45) is 0 Å². The number of benzene rings is 1. The van der Waals surface area contributed by atoms with Crippen LogP contribution in [0.25, 0.3) is 10.9 Å². The molecule has 100 valence electrons. The smallest absolute Gasteiger partial charge is 0.163 e. The lowest BCUT2D eigenvalue weighted by atomic mass is 9.99. The second kappa shape index (κ2) is 4.57. The summed E-state index contributed by atoms with van der Waals surface area (Å²) >= 11 is 6.55. The van der Waals surface area contributed by atoms with Gasteiger partial charge in [0.25, 0.3) is 0 Å². The Hall–Kier alpha value is -1.48. The van der Waals surface area contributed by atoms with E-state index in [1.165, 1.54) is 0 Å². The average Bonchev–Trinajstić information content (AvgIpc) is 2.36. The van der Waals surface area contributed by atoms with E-state index in [1.54, 1.807) is 0 Å². The van der Waals surface area contributed by atoms with Gasteiger partial charge in [0.15, 0.2) is 11.5 Å². The van der Waals surface area contributed by atoms with E-state index < -0.39 is 0 Å². The molecule has 0 amide bonds. The maximum atomic E-state index is 6.55. The average molecular weight is 278 g/mol. The number of halogens is 1. The van der Waals surface area contributed by atoms with Crippen LogP contribution in [0.3, 0.4) is 0 Å². The molecule has 0 atom stereocenters. The molecule has 19 heavy (non-hydrogen) atoms. The molecule has 2 heterocycles. The van der Waals surface area contributed by atoms with Crippen LogP contribution in [-0.4, -0.2) is 18.2 Å². The number of hydrogen-bond acceptors (Lipinski definition) is 3. The van der Waals surface area contributed by atoms with E-state index >= 15 is 0 Å². The molecule has 3 nitrogen and oxygen atoms in total. The van der Waals surface area contributed by atoms with Gasteiger partial charge in [-0.05, 0) is 24.5 Å². The van der Waals surface area contributed by atoms with Gasteiger partial charge in [-0.2, -0.15) is 0 Å². The molecule has 0 aliphatic carbocycles. The summed E-state index contributed by atoms with van der Waals surface area (Å²) in [5.41, 5.74) is 2.94. The number of aromatic nitrogens is 1. The van der Waals surface area contributed by atoms with E-state index in [4.69, 9.17) is 21.1 Å². The van der Waals surface area contributed by atoms with Crippen LogP contribution in [0.5, 0.6) is 11.5 Å². The largest absolute Gasteiger partial charge is 0.486 e. The third-order valence-corrected chi connectivity index (χ3v) is 3.80. The summed E-state index contributed by atoms with van der Waals surface area (Å²) in [5.74, 6) is 1.85. The lowest BCUT2D eigenvalue weighted by Gasteiger charge is -2.20. The third-order valence-electron chi connectivity index (χ3n) is 3.39. The highest BCUT2D eigenvalue weighted by Crippen LogP contribution is 2.39. The van der Waals surface area contributed by atoms with Crippen molar-refractivity contribution in [3.05, 3.63) is 28.4 Å². The Morgan fingerprint density at radius 2 is 1.79 bits per heavy atom. The normalized spacial score (nSPS) is 14.2. The number of nitrogens with zero attached hydrogens (tertiary/aromatic N) is 1. The molecule has 0 fully saturated rings. The molecule has 1 aliphatic heterocycles. The summed E-state index contributed by atoms with van der Waals surface area (Å²) < 4.78 is 11.2. The van der Waals surface area contributed by atoms with Crippen LogP contribution in [0.4, 0.5) is 0 Å². The first-order chi connectivity index (χ1) is 9.08. The second-order valence-corrected chi connectivity index (χ2v) is 5.47. The van der Waals surface area contributed by atoms with Crippen LogP contribution in [-0.2, 0) is 0 Å². The van der Waals surface area contributed by atoms with Crippen molar-refractivity contribution in [2.45, 2.75) is 26.7 Å². The minimum absolute atomic E-state index is 0.345. The van der Waals surface area contributed by atoms with Crippen molar-refractivity contribution in [2.75, 3.05) is 13.2 Å². The van der Waals surface area contributed by atoms with E-state index in [-0.39, 0.29) is 0 Å². The van der Waals surface area contributed by atoms with Crippen LogP contribution in [0.15, 0.2) is 12.1 Å². The molecule has 0 unspecified atom stereocenters. The molecule has 0 spiro atoms. The molecule has 0 bridgehead atoms. The Balaban J connectivity index is 2.30. The van der Waals surface area contributed by atoms with Gasteiger partial charge in [0, 0.05) is 17.1 Å². The van der Waals surface area contributed by atoms with E-state index in [2.05, 4.69) is 18.8 Å². The Morgan fingerprint density at radius 1 is 1.16 bits per heavy atom. The van der Waals surface area contributed by atoms with Crippen molar-refractivity contribution >= 4 is 22.5 Å². The summed E-state index contributed by atoms with van der Waals surface area (Å²) in [6, 6.07) is 3.84. The first-order valence-electron chi connectivity index (χ1n) is 6.47. The molecule has 0 saturated carbocycles. The predicted molar refractivity (Wildman–Crippen MR) is 76.6 cm³/mol. The van der Waals surface area contributed by atoms with Crippen LogP contribution in [0.2, 0.25) is 5.02 Å². The second-order valence-electron chi connectivity index (χ2n) is 5.09. The van der Waals surface area contributed by atoms with E-state index in [1.807, 2.05) is 19.1 Å². The molecular weight excluding hydrogens is 262 g/mol. The maximum absolute atomic E-state index is 6.55. The molecule has 1 aromatic heterocycles. The number of pyridine rings is 1. The minimum Gasteiger partial charge on any atom is -0.486 e. The number of fused-ring (bicyclic) bond motifs is 2. The van der Waals surface area contributed by atoms with Gasteiger partial charge in [0.2, 0.25) is 0 Å². The van der Waals surface area contributed by atoms with Crippen LogP contribution in [0.1, 0.15) is 31.0 Å². The van der Waals surface area contributed by atoms with E-state index in [9.17, 15) is 0 Å². The first-order valence-corrected chi connectivity index (χ1v) is 6.85. The fourth-order valence-corrected chi connectivity index (χ4v) is 3.07. The van der Waals surface area contributed by atoms with Gasteiger partial charge < -0.3 is 9.47 Å². The molecule has 4 heteroatoms. The standard InChI is InChI=1S/C15H16ClNO2/c1-8(2)14-9(3)17-11-7-13-12(18-4-5-19-13)6-10(11)15(14)16/h6-8H,4-5H2,1-3H3. The fourth-order valence-electron chi connectivity index (χ4n) is 2.56. The Morgan fingerprint density at radius 3 is 2.42 bits per heavy atom. The third kappa shape index (κ3) is 2.02. The lowest BCUT2D eigenvalue weighted by Crippen LogP contribution is -2.15. The summed E-state index contributed by atoms with van der Waals surface area (Å²) in [7, 11) is 0.